The fraction of sp³-hybridized carbons (Fsp3) is 0.200. The molecular weight excluding hydrogens is 334 g/mol. The highest BCUT2D eigenvalue weighted by Crippen LogP contribution is 2.22. The molecule has 2 aromatic carbocycles. The number of hydrogen-bond donors (Lipinski definition) is 1. The number of aromatic amines is 1. The lowest BCUT2D eigenvalue weighted by Gasteiger charge is -2.14. The molecule has 0 aliphatic heterocycles. The fourth-order valence-electron chi connectivity index (χ4n) is 3.17. The van der Waals surface area contributed by atoms with Gasteiger partial charge >= 0.3 is 0 Å². The number of aromatic nitrogens is 4. The minimum absolute atomic E-state index is 0.137. The van der Waals surface area contributed by atoms with Gasteiger partial charge in [0, 0.05) is 18.5 Å². The van der Waals surface area contributed by atoms with E-state index in [9.17, 15) is 8.78 Å². The van der Waals surface area contributed by atoms with Gasteiger partial charge in [-0.1, -0.05) is 19.1 Å². The first-order valence-corrected chi connectivity index (χ1v) is 8.51. The van der Waals surface area contributed by atoms with Gasteiger partial charge in [0.15, 0.2) is 0 Å². The van der Waals surface area contributed by atoms with Crippen LogP contribution in [0, 0.1) is 17.7 Å². The molecule has 0 saturated heterocycles. The van der Waals surface area contributed by atoms with E-state index in [0.29, 0.717) is 24.4 Å². The van der Waals surface area contributed by atoms with E-state index in [1.54, 1.807) is 12.1 Å². The predicted octanol–water partition coefficient (Wildman–Crippen LogP) is 4.58. The van der Waals surface area contributed by atoms with Gasteiger partial charge in [0.2, 0.25) is 5.95 Å². The minimum Gasteiger partial charge on any atom is -0.342 e. The molecule has 6 heteroatoms. The molecule has 2 heterocycles. The second kappa shape index (κ2) is 6.71. The van der Waals surface area contributed by atoms with Crippen molar-refractivity contribution in [1.82, 2.24) is 19.5 Å². The summed E-state index contributed by atoms with van der Waals surface area (Å²) >= 11 is 0. The van der Waals surface area contributed by atoms with Crippen molar-refractivity contribution >= 4 is 11.0 Å². The molecule has 132 valence electrons. The monoisotopic (exact) mass is 352 g/mol. The summed E-state index contributed by atoms with van der Waals surface area (Å²) in [5.41, 5.74) is 2.61. The number of imidazole rings is 2. The van der Waals surface area contributed by atoms with Crippen LogP contribution in [0.2, 0.25) is 0 Å². The van der Waals surface area contributed by atoms with Gasteiger partial charge in [0.1, 0.15) is 17.5 Å². The van der Waals surface area contributed by atoms with Crippen LogP contribution in [0.25, 0.3) is 22.4 Å². The summed E-state index contributed by atoms with van der Waals surface area (Å²) in [6.45, 7) is 2.50. The summed E-state index contributed by atoms with van der Waals surface area (Å²) in [6.07, 6.45) is 1.89. The lowest BCUT2D eigenvalue weighted by Crippen LogP contribution is -2.13. The molecule has 2 aromatic heterocycles. The minimum atomic E-state index is -0.402. The Hall–Kier alpha value is -3.02. The Morgan fingerprint density at radius 1 is 1.08 bits per heavy atom. The Kier molecular flexibility index (Phi) is 4.24. The summed E-state index contributed by atoms with van der Waals surface area (Å²) < 4.78 is 28.9. The molecule has 1 N–H and O–H groups in total. The molecule has 0 saturated carbocycles. The van der Waals surface area contributed by atoms with Crippen molar-refractivity contribution in [3.63, 3.8) is 0 Å². The number of para-hydroxylation sites is 2. The number of nitrogens with zero attached hydrogens (tertiary/aromatic N) is 3. The van der Waals surface area contributed by atoms with Crippen LogP contribution in [0.5, 0.6) is 0 Å². The quantitative estimate of drug-likeness (QED) is 0.571. The van der Waals surface area contributed by atoms with Crippen LogP contribution in [0.15, 0.2) is 54.7 Å². The molecule has 0 spiro atoms. The average Bonchev–Trinajstić information content (AvgIpc) is 3.19. The van der Waals surface area contributed by atoms with E-state index < -0.39 is 5.95 Å². The van der Waals surface area contributed by atoms with Gasteiger partial charge in [0.05, 0.1) is 17.2 Å². The van der Waals surface area contributed by atoms with Crippen LogP contribution in [-0.4, -0.2) is 19.5 Å². The molecule has 4 rings (SSSR count). The summed E-state index contributed by atoms with van der Waals surface area (Å²) in [6, 6.07) is 13.8. The number of nitrogens with one attached hydrogen (secondary N) is 1. The zero-order chi connectivity index (χ0) is 18.1. The van der Waals surface area contributed by atoms with E-state index in [4.69, 9.17) is 0 Å². The van der Waals surface area contributed by atoms with E-state index >= 15 is 0 Å². The molecule has 0 amide bonds. The van der Waals surface area contributed by atoms with Crippen LogP contribution >= 0.6 is 0 Å². The third-order valence-corrected chi connectivity index (χ3v) is 4.38. The molecule has 4 nitrogen and oxygen atoms in total. The van der Waals surface area contributed by atoms with Gasteiger partial charge in [-0.2, -0.15) is 4.39 Å². The van der Waals surface area contributed by atoms with E-state index in [1.807, 2.05) is 31.2 Å². The van der Waals surface area contributed by atoms with Crippen molar-refractivity contribution in [2.45, 2.75) is 19.9 Å². The lowest BCUT2D eigenvalue weighted by molar-refractivity contribution is 0.416. The Balaban J connectivity index is 1.55. The molecule has 1 atom stereocenters. The van der Waals surface area contributed by atoms with E-state index in [2.05, 4.69) is 15.0 Å². The maximum Gasteiger partial charge on any atom is 0.213 e. The smallest absolute Gasteiger partial charge is 0.213 e. The van der Waals surface area contributed by atoms with E-state index in [0.717, 1.165) is 16.9 Å². The van der Waals surface area contributed by atoms with Gasteiger partial charge in [-0.25, -0.2) is 14.4 Å². The summed E-state index contributed by atoms with van der Waals surface area (Å²) in [5.74, 6) is 0.784. The third-order valence-electron chi connectivity index (χ3n) is 4.38. The van der Waals surface area contributed by atoms with Gasteiger partial charge in [-0.3, -0.25) is 0 Å². The van der Waals surface area contributed by atoms with Crippen LogP contribution in [-0.2, 0) is 13.0 Å². The zero-order valence-corrected chi connectivity index (χ0v) is 14.3. The van der Waals surface area contributed by atoms with Crippen molar-refractivity contribution in [2.24, 2.45) is 5.92 Å². The first kappa shape index (κ1) is 16.4. The number of halogens is 2. The first-order valence-electron chi connectivity index (χ1n) is 8.51. The highest BCUT2D eigenvalue weighted by Gasteiger charge is 2.16. The number of benzene rings is 2. The van der Waals surface area contributed by atoms with E-state index in [1.165, 1.54) is 22.9 Å². The number of H-pyrrole nitrogens is 1. The summed E-state index contributed by atoms with van der Waals surface area (Å²) in [4.78, 5) is 12.0. The molecule has 0 aliphatic rings. The van der Waals surface area contributed by atoms with Crippen LogP contribution in [0.1, 0.15) is 12.7 Å². The topological polar surface area (TPSA) is 46.5 Å². The van der Waals surface area contributed by atoms with Crippen LogP contribution in [0.4, 0.5) is 8.78 Å². The standard InChI is InChI=1S/C20H18F2N4/c1-13(10-19-24-16-4-2-3-5-17(16)25-19)12-26-18(22)11-23-20(26)14-6-8-15(21)9-7-14/h2-9,11,13H,10,12H2,1H3,(H,24,25). The Morgan fingerprint density at radius 3 is 2.62 bits per heavy atom. The Bertz CT molecular complexity index is 1000. The molecule has 26 heavy (non-hydrogen) atoms. The second-order valence-corrected chi connectivity index (χ2v) is 6.53. The second-order valence-electron chi connectivity index (χ2n) is 6.53. The maximum atomic E-state index is 14.2. The average molecular weight is 352 g/mol. The van der Waals surface area contributed by atoms with Gasteiger partial charge < -0.3 is 9.55 Å². The molecule has 0 aliphatic carbocycles. The van der Waals surface area contributed by atoms with Crippen molar-refractivity contribution in [2.75, 3.05) is 0 Å². The van der Waals surface area contributed by atoms with Crippen molar-refractivity contribution in [3.05, 3.63) is 72.3 Å². The summed E-state index contributed by atoms with van der Waals surface area (Å²) in [7, 11) is 0. The highest BCUT2D eigenvalue weighted by atomic mass is 19.1. The molecule has 4 aromatic rings. The lowest BCUT2D eigenvalue weighted by atomic mass is 10.1. The number of fused-ring (bicyclic) bond motifs is 1. The molecule has 0 bridgehead atoms. The molecule has 0 fully saturated rings. The highest BCUT2D eigenvalue weighted by molar-refractivity contribution is 5.74. The predicted molar refractivity (Wildman–Crippen MR) is 96.5 cm³/mol. The fourth-order valence-corrected chi connectivity index (χ4v) is 3.17. The van der Waals surface area contributed by atoms with Crippen LogP contribution in [0.3, 0.4) is 0 Å². The zero-order valence-electron chi connectivity index (χ0n) is 14.3. The molecular formula is C20H18F2N4. The molecule has 1 unspecified atom stereocenters. The first-order chi connectivity index (χ1) is 12.6. The van der Waals surface area contributed by atoms with E-state index in [-0.39, 0.29) is 11.7 Å². The third kappa shape index (κ3) is 3.22. The largest absolute Gasteiger partial charge is 0.342 e. The van der Waals surface area contributed by atoms with Crippen LogP contribution < -0.4 is 0 Å². The van der Waals surface area contributed by atoms with Gasteiger partial charge in [-0.15, -0.1) is 0 Å². The van der Waals surface area contributed by atoms with Crippen molar-refractivity contribution in [1.29, 1.82) is 0 Å². The SMILES string of the molecule is CC(Cc1nc2ccccc2[nH]1)Cn1c(F)cnc1-c1ccc(F)cc1. The summed E-state index contributed by atoms with van der Waals surface area (Å²) in [5, 5.41) is 0. The van der Waals surface area contributed by atoms with Crippen molar-refractivity contribution < 1.29 is 8.78 Å². The van der Waals surface area contributed by atoms with Gasteiger partial charge in [-0.05, 0) is 42.3 Å². The van der Waals surface area contributed by atoms with Gasteiger partial charge in [0.25, 0.3) is 0 Å². The normalized spacial score (nSPS) is 12.6. The number of hydrogen-bond acceptors (Lipinski definition) is 2. The molecule has 0 radical (unpaired) electrons. The van der Waals surface area contributed by atoms with Crippen molar-refractivity contribution in [3.8, 4) is 11.4 Å². The number of rotatable bonds is 5. The Morgan fingerprint density at radius 2 is 1.85 bits per heavy atom. The maximum absolute atomic E-state index is 14.2. The Labute approximate surface area is 149 Å².